The smallest absolute Gasteiger partial charge is 0.278 e. The van der Waals surface area contributed by atoms with Crippen LogP contribution in [-0.4, -0.2) is 36.7 Å². The molecule has 4 heterocycles. The van der Waals surface area contributed by atoms with E-state index in [2.05, 4.69) is 20.2 Å². The lowest BCUT2D eigenvalue weighted by Crippen LogP contribution is -2.38. The molecule has 2 aliphatic carbocycles. The summed E-state index contributed by atoms with van der Waals surface area (Å²) in [6.45, 7) is 0. The number of carbonyl (C=O) groups is 1. The summed E-state index contributed by atoms with van der Waals surface area (Å²) < 4.78 is 1.56. The monoisotopic (exact) mass is 653 g/mol. The number of hydrogen-bond acceptors (Lipinski definition) is 6. The number of amides is 1. The summed E-state index contributed by atoms with van der Waals surface area (Å²) >= 11 is 0. The van der Waals surface area contributed by atoms with Gasteiger partial charge in [-0.25, -0.2) is 5.01 Å². The normalized spacial score (nSPS) is 17.7. The highest BCUT2D eigenvalue weighted by Gasteiger charge is 2.34. The molecule has 2 aromatic carbocycles. The summed E-state index contributed by atoms with van der Waals surface area (Å²) in [5, 5.41) is 25.4. The molecule has 1 amide bonds. The Morgan fingerprint density at radius 1 is 0.714 bits per heavy atom. The van der Waals surface area contributed by atoms with Crippen LogP contribution in [0.5, 0.6) is 5.88 Å². The molecule has 8 rings (SSSR count). The van der Waals surface area contributed by atoms with Crippen molar-refractivity contribution in [3.05, 3.63) is 109 Å². The molecule has 2 saturated carbocycles. The first-order chi connectivity index (χ1) is 24.0. The molecule has 0 spiro atoms. The first kappa shape index (κ1) is 30.8. The van der Waals surface area contributed by atoms with Gasteiger partial charge in [-0.2, -0.15) is 10.2 Å². The summed E-state index contributed by atoms with van der Waals surface area (Å²) in [4.78, 5) is 47.1. The number of rotatable bonds is 6. The Hall–Kier alpha value is -5.51. The molecule has 10 heteroatoms. The quantitative estimate of drug-likeness (QED) is 0.261. The van der Waals surface area contributed by atoms with E-state index in [0.29, 0.717) is 33.2 Å². The molecular formula is C39H37N6O4-. The number of aromatic amines is 2. The van der Waals surface area contributed by atoms with Crippen molar-refractivity contribution in [1.82, 2.24) is 24.8 Å². The van der Waals surface area contributed by atoms with Gasteiger partial charge < -0.3 is 15.1 Å². The van der Waals surface area contributed by atoms with E-state index in [1.54, 1.807) is 27.9 Å². The summed E-state index contributed by atoms with van der Waals surface area (Å²) in [6, 6.07) is 18.7. The molecule has 3 aromatic heterocycles. The van der Waals surface area contributed by atoms with Gasteiger partial charge in [0, 0.05) is 27.3 Å². The third kappa shape index (κ3) is 5.50. The van der Waals surface area contributed by atoms with Crippen LogP contribution in [0, 0.1) is 0 Å². The molecule has 0 atom stereocenters. The summed E-state index contributed by atoms with van der Waals surface area (Å²) in [6.07, 6.45) is 14.8. The number of benzene rings is 2. The lowest BCUT2D eigenvalue weighted by molar-refractivity contribution is -0.278. The van der Waals surface area contributed by atoms with Gasteiger partial charge in [-0.05, 0) is 54.8 Å². The zero-order valence-electron chi connectivity index (χ0n) is 27.2. The Morgan fingerprint density at radius 2 is 1.33 bits per heavy atom. The van der Waals surface area contributed by atoms with E-state index in [0.717, 1.165) is 64.2 Å². The summed E-state index contributed by atoms with van der Waals surface area (Å²) in [5.74, 6) is -0.441. The van der Waals surface area contributed by atoms with Gasteiger partial charge in [-0.3, -0.25) is 19.1 Å². The van der Waals surface area contributed by atoms with E-state index in [1.807, 2.05) is 60.7 Å². The van der Waals surface area contributed by atoms with Crippen LogP contribution in [-0.2, 0) is 0 Å². The Morgan fingerprint density at radius 3 is 1.98 bits per heavy atom. The fourth-order valence-corrected chi connectivity index (χ4v) is 7.82. The molecular weight excluding hydrogens is 616 g/mol. The Kier molecular flexibility index (Phi) is 8.07. The minimum Gasteiger partial charge on any atom is -0.858 e. The maximum atomic E-state index is 14.0. The van der Waals surface area contributed by atoms with Crippen molar-refractivity contribution in [3.8, 4) is 28.1 Å². The van der Waals surface area contributed by atoms with Gasteiger partial charge >= 0.3 is 0 Å². The molecule has 1 aliphatic heterocycles. The standard InChI is InChI=1S/C39H38N6O4/c46-36-28(30(24-14-5-1-6-15-24)32-34(40-36)42-44(38(32)48)26-18-9-3-10-19-26)22-13-23-29-31(25-16-7-2-8-17-25)33-35(41-37(29)47)43-45(39(33)49)27-20-11-4-12-21-27/h1-2,5-8,13-17,22-23,26-27,48H,3-4,9-12,18-21H2,(H,40,42,46)(H,41,43,47)/p-1/b22-13-,29-23+. The highest BCUT2D eigenvalue weighted by Crippen LogP contribution is 2.38. The third-order valence-electron chi connectivity index (χ3n) is 10.2. The summed E-state index contributed by atoms with van der Waals surface area (Å²) in [5.41, 5.74) is 2.83. The predicted molar refractivity (Wildman–Crippen MR) is 187 cm³/mol. The van der Waals surface area contributed by atoms with Crippen molar-refractivity contribution < 1.29 is 9.90 Å². The van der Waals surface area contributed by atoms with E-state index >= 15 is 0 Å². The van der Waals surface area contributed by atoms with Gasteiger partial charge in [0.25, 0.3) is 17.0 Å². The lowest BCUT2D eigenvalue weighted by atomic mass is 9.94. The number of hydrogen-bond donors (Lipinski definition) is 2. The first-order valence-corrected chi connectivity index (χ1v) is 17.3. The maximum absolute atomic E-state index is 14.0. The number of H-pyrrole nitrogens is 2. The molecule has 0 radical (unpaired) electrons. The van der Waals surface area contributed by atoms with Crippen molar-refractivity contribution in [2.45, 2.75) is 76.3 Å². The molecule has 3 aliphatic rings. The molecule has 49 heavy (non-hydrogen) atoms. The number of allylic oxidation sites excluding steroid dienone is 1. The molecule has 2 N–H and O–H groups in total. The SMILES string of the molecule is O=C1c2c(-c3ccccc3)/c(=C\C=C/c3c(-c4ccccc4)c4c([O-])n(C5CCCCC5)nc4[nH]c3=O)c(=O)[nH]c2=NN1C1CCCCC1. The second-order valence-electron chi connectivity index (χ2n) is 13.3. The molecule has 0 bridgehead atoms. The fraction of sp³-hybridized carbons (Fsp3) is 0.308. The predicted octanol–water partition coefficient (Wildman–Crippen LogP) is 5.14. The maximum Gasteiger partial charge on any atom is 0.278 e. The van der Waals surface area contributed by atoms with Crippen LogP contribution in [0.4, 0.5) is 0 Å². The number of aromatic nitrogens is 4. The van der Waals surface area contributed by atoms with Gasteiger partial charge in [-0.1, -0.05) is 105 Å². The van der Waals surface area contributed by atoms with Crippen LogP contribution < -0.4 is 26.9 Å². The molecule has 2 fully saturated rings. The first-order valence-electron chi connectivity index (χ1n) is 17.3. The van der Waals surface area contributed by atoms with Crippen LogP contribution in [0.3, 0.4) is 0 Å². The molecule has 10 nitrogen and oxygen atoms in total. The zero-order valence-corrected chi connectivity index (χ0v) is 27.2. The van der Waals surface area contributed by atoms with Gasteiger partial charge in [0.2, 0.25) is 0 Å². The molecule has 5 aromatic rings. The number of carbonyl (C=O) groups excluding carboxylic acids is 1. The molecule has 248 valence electrons. The second kappa shape index (κ2) is 12.8. The lowest BCUT2D eigenvalue weighted by Gasteiger charge is -2.27. The second-order valence-corrected chi connectivity index (χ2v) is 13.3. The summed E-state index contributed by atoms with van der Waals surface area (Å²) in [7, 11) is 0. The van der Waals surface area contributed by atoms with Crippen molar-refractivity contribution >= 4 is 29.1 Å². The van der Waals surface area contributed by atoms with E-state index < -0.39 is 11.1 Å². The van der Waals surface area contributed by atoms with Crippen LogP contribution in [0.15, 0.2) is 81.4 Å². The number of fused-ring (bicyclic) bond motifs is 2. The van der Waals surface area contributed by atoms with E-state index in [9.17, 15) is 19.5 Å². The van der Waals surface area contributed by atoms with Crippen molar-refractivity contribution in [2.24, 2.45) is 5.10 Å². The Bertz CT molecular complexity index is 2330. The number of nitrogens with one attached hydrogen (secondary N) is 2. The number of pyridine rings is 2. The van der Waals surface area contributed by atoms with Crippen molar-refractivity contribution in [1.29, 1.82) is 0 Å². The minimum atomic E-state index is -0.396. The van der Waals surface area contributed by atoms with Crippen molar-refractivity contribution in [3.63, 3.8) is 0 Å². The van der Waals surface area contributed by atoms with E-state index in [-0.39, 0.29) is 45.8 Å². The number of nitrogens with zero attached hydrogens (tertiary/aromatic N) is 4. The Labute approximate surface area is 282 Å². The van der Waals surface area contributed by atoms with Crippen LogP contribution in [0.1, 0.15) is 86.2 Å². The van der Waals surface area contributed by atoms with E-state index in [4.69, 9.17) is 0 Å². The van der Waals surface area contributed by atoms with Gasteiger partial charge in [0.15, 0.2) is 11.1 Å². The molecule has 0 saturated heterocycles. The van der Waals surface area contributed by atoms with Gasteiger partial charge in [0.05, 0.1) is 17.6 Å². The van der Waals surface area contributed by atoms with E-state index in [1.165, 1.54) is 0 Å². The highest BCUT2D eigenvalue weighted by molar-refractivity contribution is 6.02. The fourth-order valence-electron chi connectivity index (χ4n) is 7.82. The van der Waals surface area contributed by atoms with Crippen LogP contribution >= 0.6 is 0 Å². The zero-order chi connectivity index (χ0) is 33.5. The topological polar surface area (TPSA) is 139 Å². The van der Waals surface area contributed by atoms with Crippen LogP contribution in [0.2, 0.25) is 0 Å². The largest absolute Gasteiger partial charge is 0.858 e. The molecule has 0 unspecified atom stereocenters. The third-order valence-corrected chi connectivity index (χ3v) is 10.2. The highest BCUT2D eigenvalue weighted by atomic mass is 16.3. The average molecular weight is 654 g/mol. The van der Waals surface area contributed by atoms with Crippen molar-refractivity contribution in [2.75, 3.05) is 0 Å². The Balaban J connectivity index is 1.29. The van der Waals surface area contributed by atoms with Gasteiger partial charge in [0.1, 0.15) is 0 Å². The van der Waals surface area contributed by atoms with Gasteiger partial charge in [-0.15, -0.1) is 0 Å². The average Bonchev–Trinajstić information content (AvgIpc) is 3.64. The minimum absolute atomic E-state index is 0.000440. The van der Waals surface area contributed by atoms with Crippen LogP contribution in [0.25, 0.3) is 45.4 Å².